The van der Waals surface area contributed by atoms with Gasteiger partial charge in [0.15, 0.2) is 0 Å². The standard InChI is InChI=1S/C16H16N2/c1-10-7-11(2)13(4)16(12(10)3)15-5-6-18-9-14(15)8-17/h5-7,9H,1-4H3. The average Bonchev–Trinajstić information content (AvgIpc) is 2.37. The van der Waals surface area contributed by atoms with Crippen molar-refractivity contribution in [2.75, 3.05) is 0 Å². The van der Waals surface area contributed by atoms with Crippen LogP contribution in [0.1, 0.15) is 27.8 Å². The van der Waals surface area contributed by atoms with Gasteiger partial charge in [-0.25, -0.2) is 0 Å². The molecule has 2 heteroatoms. The first-order chi connectivity index (χ1) is 8.56. The number of hydrogen-bond donors (Lipinski definition) is 0. The third-order valence-corrected chi connectivity index (χ3v) is 3.58. The fourth-order valence-corrected chi connectivity index (χ4v) is 2.32. The van der Waals surface area contributed by atoms with Gasteiger partial charge < -0.3 is 0 Å². The highest BCUT2D eigenvalue weighted by Gasteiger charge is 2.13. The molecule has 18 heavy (non-hydrogen) atoms. The van der Waals surface area contributed by atoms with E-state index in [2.05, 4.69) is 44.8 Å². The summed E-state index contributed by atoms with van der Waals surface area (Å²) in [5, 5.41) is 9.21. The van der Waals surface area contributed by atoms with Crippen LogP contribution in [0.2, 0.25) is 0 Å². The van der Waals surface area contributed by atoms with Crippen LogP contribution in [-0.4, -0.2) is 4.98 Å². The molecule has 0 atom stereocenters. The Balaban J connectivity index is 2.84. The molecule has 0 aliphatic heterocycles. The zero-order valence-electron chi connectivity index (χ0n) is 11.2. The first kappa shape index (κ1) is 12.3. The molecule has 90 valence electrons. The molecule has 0 bridgehead atoms. The molecule has 0 aliphatic carbocycles. The van der Waals surface area contributed by atoms with Gasteiger partial charge in [0.2, 0.25) is 0 Å². The summed E-state index contributed by atoms with van der Waals surface area (Å²) < 4.78 is 0. The Morgan fingerprint density at radius 1 is 1.06 bits per heavy atom. The second-order valence-electron chi connectivity index (χ2n) is 4.67. The molecule has 0 spiro atoms. The Kier molecular flexibility index (Phi) is 3.16. The molecule has 0 saturated carbocycles. The third-order valence-electron chi connectivity index (χ3n) is 3.58. The maximum Gasteiger partial charge on any atom is 0.101 e. The second kappa shape index (κ2) is 4.62. The van der Waals surface area contributed by atoms with Gasteiger partial charge in [-0.15, -0.1) is 0 Å². The number of pyridine rings is 1. The molecule has 2 nitrogen and oxygen atoms in total. The Morgan fingerprint density at radius 2 is 1.67 bits per heavy atom. The van der Waals surface area contributed by atoms with Gasteiger partial charge in [-0.3, -0.25) is 4.98 Å². The van der Waals surface area contributed by atoms with Crippen LogP contribution < -0.4 is 0 Å². The predicted molar refractivity (Wildman–Crippen MR) is 73.3 cm³/mol. The van der Waals surface area contributed by atoms with E-state index in [1.54, 1.807) is 12.4 Å². The number of nitriles is 1. The summed E-state index contributed by atoms with van der Waals surface area (Å²) in [6, 6.07) is 6.34. The normalized spacial score (nSPS) is 10.2. The highest BCUT2D eigenvalue weighted by Crippen LogP contribution is 2.32. The molecular formula is C16H16N2. The zero-order valence-corrected chi connectivity index (χ0v) is 11.2. The molecule has 2 aromatic rings. The van der Waals surface area contributed by atoms with Gasteiger partial charge in [0.1, 0.15) is 6.07 Å². The second-order valence-corrected chi connectivity index (χ2v) is 4.67. The highest BCUT2D eigenvalue weighted by atomic mass is 14.6. The van der Waals surface area contributed by atoms with E-state index < -0.39 is 0 Å². The van der Waals surface area contributed by atoms with Gasteiger partial charge in [-0.1, -0.05) is 6.07 Å². The maximum atomic E-state index is 9.21. The quantitative estimate of drug-likeness (QED) is 0.754. The van der Waals surface area contributed by atoms with Gasteiger partial charge in [-0.2, -0.15) is 5.26 Å². The maximum absolute atomic E-state index is 9.21. The zero-order chi connectivity index (χ0) is 13.3. The van der Waals surface area contributed by atoms with Crippen molar-refractivity contribution in [2.24, 2.45) is 0 Å². The van der Waals surface area contributed by atoms with Crippen molar-refractivity contribution >= 4 is 0 Å². The van der Waals surface area contributed by atoms with Crippen LogP contribution in [0.25, 0.3) is 11.1 Å². The summed E-state index contributed by atoms with van der Waals surface area (Å²) in [5.74, 6) is 0. The van der Waals surface area contributed by atoms with E-state index in [9.17, 15) is 5.26 Å². The summed E-state index contributed by atoms with van der Waals surface area (Å²) in [5.41, 5.74) is 7.78. The Labute approximate surface area is 108 Å². The molecule has 0 radical (unpaired) electrons. The molecule has 0 saturated heterocycles. The molecule has 1 aromatic heterocycles. The van der Waals surface area contributed by atoms with Crippen LogP contribution in [0.15, 0.2) is 24.5 Å². The van der Waals surface area contributed by atoms with Crippen LogP contribution >= 0.6 is 0 Å². The first-order valence-corrected chi connectivity index (χ1v) is 5.98. The van der Waals surface area contributed by atoms with Crippen LogP contribution in [0, 0.1) is 39.0 Å². The first-order valence-electron chi connectivity index (χ1n) is 5.98. The average molecular weight is 236 g/mol. The third kappa shape index (κ3) is 1.89. The van der Waals surface area contributed by atoms with Crippen molar-refractivity contribution in [2.45, 2.75) is 27.7 Å². The monoisotopic (exact) mass is 236 g/mol. The summed E-state index contributed by atoms with van der Waals surface area (Å²) >= 11 is 0. The van der Waals surface area contributed by atoms with Crippen molar-refractivity contribution in [1.82, 2.24) is 4.98 Å². The number of rotatable bonds is 1. The van der Waals surface area contributed by atoms with E-state index in [-0.39, 0.29) is 0 Å². The Morgan fingerprint density at radius 3 is 2.22 bits per heavy atom. The van der Waals surface area contributed by atoms with Crippen molar-refractivity contribution in [3.05, 3.63) is 52.3 Å². The predicted octanol–water partition coefficient (Wildman–Crippen LogP) is 3.85. The minimum atomic E-state index is 0.633. The molecular weight excluding hydrogens is 220 g/mol. The molecule has 2 rings (SSSR count). The lowest BCUT2D eigenvalue weighted by molar-refractivity contribution is 1.23. The number of aromatic nitrogens is 1. The smallest absolute Gasteiger partial charge is 0.101 e. The van der Waals surface area contributed by atoms with E-state index in [1.165, 1.54) is 27.8 Å². The summed E-state index contributed by atoms with van der Waals surface area (Å²) in [6.45, 7) is 8.44. The van der Waals surface area contributed by atoms with Crippen molar-refractivity contribution in [1.29, 1.82) is 5.26 Å². The van der Waals surface area contributed by atoms with E-state index in [0.29, 0.717) is 5.56 Å². The van der Waals surface area contributed by atoms with Gasteiger partial charge in [0, 0.05) is 18.0 Å². The Bertz CT molecular complexity index is 623. The van der Waals surface area contributed by atoms with Crippen LogP contribution in [0.3, 0.4) is 0 Å². The summed E-state index contributed by atoms with van der Waals surface area (Å²) in [6.07, 6.45) is 3.37. The van der Waals surface area contributed by atoms with Crippen LogP contribution in [0.5, 0.6) is 0 Å². The van der Waals surface area contributed by atoms with Crippen molar-refractivity contribution in [3.8, 4) is 17.2 Å². The number of hydrogen-bond acceptors (Lipinski definition) is 2. The number of nitrogens with zero attached hydrogens (tertiary/aromatic N) is 2. The molecule has 0 amide bonds. The van der Waals surface area contributed by atoms with Crippen LogP contribution in [0.4, 0.5) is 0 Å². The minimum Gasteiger partial charge on any atom is -0.263 e. The van der Waals surface area contributed by atoms with E-state index >= 15 is 0 Å². The number of benzene rings is 1. The molecule has 0 N–H and O–H groups in total. The summed E-state index contributed by atoms with van der Waals surface area (Å²) in [7, 11) is 0. The molecule has 0 fully saturated rings. The molecule has 0 aliphatic rings. The summed E-state index contributed by atoms with van der Waals surface area (Å²) in [4.78, 5) is 4.02. The van der Waals surface area contributed by atoms with Gasteiger partial charge in [0.05, 0.1) is 5.56 Å². The SMILES string of the molecule is Cc1cc(C)c(C)c(-c2ccncc2C#N)c1C. The lowest BCUT2D eigenvalue weighted by Gasteiger charge is -2.16. The topological polar surface area (TPSA) is 36.7 Å². The van der Waals surface area contributed by atoms with E-state index in [0.717, 1.165) is 5.56 Å². The van der Waals surface area contributed by atoms with Gasteiger partial charge >= 0.3 is 0 Å². The largest absolute Gasteiger partial charge is 0.263 e. The van der Waals surface area contributed by atoms with Gasteiger partial charge in [-0.05, 0) is 61.6 Å². The molecule has 0 unspecified atom stereocenters. The van der Waals surface area contributed by atoms with Crippen molar-refractivity contribution in [3.63, 3.8) is 0 Å². The molecule has 1 aromatic carbocycles. The van der Waals surface area contributed by atoms with E-state index in [1.807, 2.05) is 6.07 Å². The van der Waals surface area contributed by atoms with Gasteiger partial charge in [0.25, 0.3) is 0 Å². The number of aryl methyl sites for hydroxylation is 2. The fraction of sp³-hybridized carbons (Fsp3) is 0.250. The van der Waals surface area contributed by atoms with E-state index in [4.69, 9.17) is 0 Å². The van der Waals surface area contributed by atoms with Crippen molar-refractivity contribution < 1.29 is 0 Å². The highest BCUT2D eigenvalue weighted by molar-refractivity contribution is 5.77. The fourth-order valence-electron chi connectivity index (χ4n) is 2.32. The Hall–Kier alpha value is -2.14. The van der Waals surface area contributed by atoms with Crippen LogP contribution in [-0.2, 0) is 0 Å². The minimum absolute atomic E-state index is 0.633. The lowest BCUT2D eigenvalue weighted by atomic mass is 9.88. The molecule has 1 heterocycles. The lowest BCUT2D eigenvalue weighted by Crippen LogP contribution is -1.97.